The Morgan fingerprint density at radius 3 is 2.91 bits per heavy atom. The van der Waals surface area contributed by atoms with Crippen LogP contribution in [-0.2, 0) is 6.42 Å². The number of fused-ring (bicyclic) bond motifs is 5. The summed E-state index contributed by atoms with van der Waals surface area (Å²) < 4.78 is 0. The molecule has 0 aliphatic heterocycles. The van der Waals surface area contributed by atoms with Gasteiger partial charge < -0.3 is 5.11 Å². The third-order valence-electron chi connectivity index (χ3n) is 7.24. The first kappa shape index (κ1) is 15.3. The van der Waals surface area contributed by atoms with E-state index in [1.165, 1.54) is 50.5 Å². The number of allylic oxidation sites excluding steroid dienone is 2. The number of benzene rings is 1. The highest BCUT2D eigenvalue weighted by molar-refractivity contribution is 5.40. The van der Waals surface area contributed by atoms with Gasteiger partial charge in [0.15, 0.2) is 0 Å². The summed E-state index contributed by atoms with van der Waals surface area (Å²) in [6, 6.07) is 6.13. The van der Waals surface area contributed by atoms with Crippen molar-refractivity contribution in [2.75, 3.05) is 0 Å². The monoisotopic (exact) mass is 310 g/mol. The fourth-order valence-electron chi connectivity index (χ4n) is 6.07. The molecule has 2 fully saturated rings. The predicted molar refractivity (Wildman–Crippen MR) is 95.7 cm³/mol. The number of hydrogen-bond acceptors (Lipinski definition) is 1. The zero-order valence-electron chi connectivity index (χ0n) is 14.6. The van der Waals surface area contributed by atoms with Gasteiger partial charge in [0.2, 0.25) is 0 Å². The molecule has 0 spiro atoms. The molecule has 0 saturated heterocycles. The van der Waals surface area contributed by atoms with Crippen molar-refractivity contribution >= 4 is 0 Å². The molecule has 2 saturated carbocycles. The molecule has 1 aromatic rings. The van der Waals surface area contributed by atoms with Gasteiger partial charge in [-0.1, -0.05) is 38.0 Å². The second-order valence-corrected chi connectivity index (χ2v) is 8.31. The van der Waals surface area contributed by atoms with E-state index in [0.29, 0.717) is 11.2 Å². The molecule has 0 bridgehead atoms. The molecule has 4 atom stereocenters. The van der Waals surface area contributed by atoms with Crippen LogP contribution < -0.4 is 0 Å². The average molecular weight is 310 g/mol. The maximum absolute atomic E-state index is 9.79. The van der Waals surface area contributed by atoms with E-state index in [1.807, 2.05) is 12.1 Å². The lowest BCUT2D eigenvalue weighted by molar-refractivity contribution is 0.0812. The number of aryl methyl sites for hydroxylation is 1. The van der Waals surface area contributed by atoms with Gasteiger partial charge in [-0.2, -0.15) is 0 Å². The molecule has 0 radical (unpaired) electrons. The molecule has 1 N–H and O–H groups in total. The lowest BCUT2D eigenvalue weighted by Gasteiger charge is -2.49. The molecule has 0 heterocycles. The van der Waals surface area contributed by atoms with E-state index in [1.54, 1.807) is 11.1 Å². The van der Waals surface area contributed by atoms with Crippen LogP contribution in [0.1, 0.15) is 75.8 Å². The summed E-state index contributed by atoms with van der Waals surface area (Å²) in [5.74, 6) is 2.92. The van der Waals surface area contributed by atoms with Crippen molar-refractivity contribution in [3.05, 3.63) is 41.0 Å². The summed E-state index contributed by atoms with van der Waals surface area (Å²) in [4.78, 5) is 0. The first-order valence-corrected chi connectivity index (χ1v) is 9.65. The lowest BCUT2D eigenvalue weighted by Crippen LogP contribution is -2.40. The Bertz CT molecular complexity index is 629. The van der Waals surface area contributed by atoms with E-state index in [2.05, 4.69) is 26.0 Å². The van der Waals surface area contributed by atoms with Crippen LogP contribution in [0.25, 0.3) is 0 Å². The van der Waals surface area contributed by atoms with Gasteiger partial charge in [0.1, 0.15) is 5.75 Å². The van der Waals surface area contributed by atoms with Crippen LogP contribution in [-0.4, -0.2) is 5.11 Å². The Hall–Kier alpha value is -1.24. The fraction of sp³-hybridized carbons (Fsp3) is 0.636. The highest BCUT2D eigenvalue weighted by Gasteiger charge is 2.52. The summed E-state index contributed by atoms with van der Waals surface area (Å²) in [5.41, 5.74) is 5.21. The average Bonchev–Trinajstić information content (AvgIpc) is 2.89. The van der Waals surface area contributed by atoms with Crippen LogP contribution in [0.15, 0.2) is 29.8 Å². The maximum atomic E-state index is 9.79. The van der Waals surface area contributed by atoms with Crippen molar-refractivity contribution in [1.29, 1.82) is 0 Å². The van der Waals surface area contributed by atoms with E-state index in [-0.39, 0.29) is 0 Å². The second kappa shape index (κ2) is 5.69. The molecule has 3 aliphatic carbocycles. The minimum absolute atomic E-state index is 0.438. The predicted octanol–water partition coefficient (Wildman–Crippen LogP) is 5.97. The zero-order chi connectivity index (χ0) is 16.0. The Morgan fingerprint density at radius 1 is 1.22 bits per heavy atom. The summed E-state index contributed by atoms with van der Waals surface area (Å²) in [7, 11) is 0. The van der Waals surface area contributed by atoms with Gasteiger partial charge in [-0.25, -0.2) is 0 Å². The molecule has 3 aliphatic rings. The molecule has 0 aromatic heterocycles. The molecule has 3 unspecified atom stereocenters. The quantitative estimate of drug-likeness (QED) is 0.667. The molecular weight excluding hydrogens is 280 g/mol. The molecule has 1 aromatic carbocycles. The van der Waals surface area contributed by atoms with E-state index in [4.69, 9.17) is 0 Å². The summed E-state index contributed by atoms with van der Waals surface area (Å²) in [6.07, 6.45) is 13.0. The van der Waals surface area contributed by atoms with Crippen molar-refractivity contribution in [1.82, 2.24) is 0 Å². The Balaban J connectivity index is 1.65. The molecular formula is C22H30O. The fourth-order valence-corrected chi connectivity index (χ4v) is 6.07. The van der Waals surface area contributed by atoms with Gasteiger partial charge in [-0.15, -0.1) is 0 Å². The number of phenolic OH excluding ortho intramolecular Hbond substituents is 1. The highest BCUT2D eigenvalue weighted by Crippen LogP contribution is 2.62. The van der Waals surface area contributed by atoms with Crippen molar-refractivity contribution in [3.8, 4) is 5.75 Å². The SMILES string of the molecule is CCCC=C1CCC2C3CCc4cc(O)ccc4C3CC[C@]12C. The molecule has 1 nitrogen and oxygen atoms in total. The molecule has 124 valence electrons. The first-order chi connectivity index (χ1) is 11.1. The molecule has 23 heavy (non-hydrogen) atoms. The van der Waals surface area contributed by atoms with Gasteiger partial charge in [-0.3, -0.25) is 0 Å². The number of aromatic hydroxyl groups is 1. The van der Waals surface area contributed by atoms with Crippen LogP contribution in [0.4, 0.5) is 0 Å². The van der Waals surface area contributed by atoms with E-state index in [9.17, 15) is 5.11 Å². The topological polar surface area (TPSA) is 20.2 Å². The third-order valence-corrected chi connectivity index (χ3v) is 7.24. The second-order valence-electron chi connectivity index (χ2n) is 8.31. The van der Waals surface area contributed by atoms with Crippen LogP contribution in [0.5, 0.6) is 5.75 Å². The number of hydrogen-bond donors (Lipinski definition) is 1. The highest BCUT2D eigenvalue weighted by atomic mass is 16.3. The molecule has 1 heteroatoms. The van der Waals surface area contributed by atoms with Crippen molar-refractivity contribution < 1.29 is 5.11 Å². The number of phenols is 1. The third kappa shape index (κ3) is 2.35. The van der Waals surface area contributed by atoms with Gasteiger partial charge in [0.25, 0.3) is 0 Å². The Labute approximate surface area is 140 Å². The Kier molecular flexibility index (Phi) is 3.78. The summed E-state index contributed by atoms with van der Waals surface area (Å²) >= 11 is 0. The van der Waals surface area contributed by atoms with Gasteiger partial charge >= 0.3 is 0 Å². The standard InChI is InChI=1S/C22H30O/c1-3-4-5-16-7-11-21-20-9-6-15-14-17(23)8-10-18(15)19(20)12-13-22(16,21)2/h5,8,10,14,19-21,23H,3-4,6-7,9,11-13H2,1-2H3/t19?,20?,21?,22-/m1/s1. The largest absolute Gasteiger partial charge is 0.508 e. The first-order valence-electron chi connectivity index (χ1n) is 9.65. The molecule has 0 amide bonds. The smallest absolute Gasteiger partial charge is 0.115 e. The number of rotatable bonds is 2. The normalized spacial score (nSPS) is 37.3. The lowest BCUT2D eigenvalue weighted by atomic mass is 9.55. The number of unbranched alkanes of at least 4 members (excludes halogenated alkanes) is 1. The zero-order valence-corrected chi connectivity index (χ0v) is 14.6. The van der Waals surface area contributed by atoms with Gasteiger partial charge in [0.05, 0.1) is 0 Å². The summed E-state index contributed by atoms with van der Waals surface area (Å²) in [5, 5.41) is 9.79. The molecule has 4 rings (SSSR count). The van der Waals surface area contributed by atoms with Crippen molar-refractivity contribution in [3.63, 3.8) is 0 Å². The Morgan fingerprint density at radius 2 is 2.09 bits per heavy atom. The van der Waals surface area contributed by atoms with Crippen LogP contribution in [0, 0.1) is 17.3 Å². The van der Waals surface area contributed by atoms with E-state index >= 15 is 0 Å². The van der Waals surface area contributed by atoms with Crippen molar-refractivity contribution in [2.45, 2.75) is 71.1 Å². The van der Waals surface area contributed by atoms with Crippen molar-refractivity contribution in [2.24, 2.45) is 17.3 Å². The van der Waals surface area contributed by atoms with E-state index in [0.717, 1.165) is 24.2 Å². The van der Waals surface area contributed by atoms with Gasteiger partial charge in [0, 0.05) is 0 Å². The minimum Gasteiger partial charge on any atom is -0.508 e. The minimum atomic E-state index is 0.438. The van der Waals surface area contributed by atoms with Crippen LogP contribution in [0.2, 0.25) is 0 Å². The maximum Gasteiger partial charge on any atom is 0.115 e. The van der Waals surface area contributed by atoms with Crippen LogP contribution >= 0.6 is 0 Å². The van der Waals surface area contributed by atoms with E-state index < -0.39 is 0 Å². The summed E-state index contributed by atoms with van der Waals surface area (Å²) in [6.45, 7) is 4.85. The van der Waals surface area contributed by atoms with Gasteiger partial charge in [-0.05, 0) is 91.4 Å². The van der Waals surface area contributed by atoms with Crippen LogP contribution in [0.3, 0.4) is 0 Å².